The summed E-state index contributed by atoms with van der Waals surface area (Å²) in [7, 11) is 1.65. The SMILES string of the molecule is Cn1ncc(N2CCC[C@H]2c2cccnc2)c(Br)c1=O. The average Bonchev–Trinajstić information content (AvgIpc) is 2.95. The highest BCUT2D eigenvalue weighted by molar-refractivity contribution is 9.10. The summed E-state index contributed by atoms with van der Waals surface area (Å²) in [6.07, 6.45) is 7.58. The summed E-state index contributed by atoms with van der Waals surface area (Å²) in [5, 5.41) is 4.13. The van der Waals surface area contributed by atoms with Crippen molar-refractivity contribution in [3.8, 4) is 0 Å². The van der Waals surface area contributed by atoms with Crippen LogP contribution in [-0.2, 0) is 7.05 Å². The number of pyridine rings is 1. The molecule has 0 amide bonds. The van der Waals surface area contributed by atoms with Gasteiger partial charge in [-0.15, -0.1) is 0 Å². The summed E-state index contributed by atoms with van der Waals surface area (Å²) in [5.74, 6) is 0. The van der Waals surface area contributed by atoms with Crippen molar-refractivity contribution < 1.29 is 0 Å². The third-order valence-corrected chi connectivity index (χ3v) is 4.44. The predicted octanol–water partition coefficient (Wildman–Crippen LogP) is 2.28. The minimum Gasteiger partial charge on any atom is -0.362 e. The first-order valence-corrected chi connectivity index (χ1v) is 7.36. The van der Waals surface area contributed by atoms with E-state index in [1.807, 2.05) is 12.3 Å². The first-order chi connectivity index (χ1) is 9.68. The van der Waals surface area contributed by atoms with Crippen LogP contribution in [0.25, 0.3) is 0 Å². The first kappa shape index (κ1) is 13.3. The number of aromatic nitrogens is 3. The third kappa shape index (κ3) is 2.24. The van der Waals surface area contributed by atoms with E-state index < -0.39 is 0 Å². The van der Waals surface area contributed by atoms with Gasteiger partial charge >= 0.3 is 0 Å². The van der Waals surface area contributed by atoms with E-state index in [-0.39, 0.29) is 11.6 Å². The minimum absolute atomic E-state index is 0.112. The van der Waals surface area contributed by atoms with Crippen LogP contribution >= 0.6 is 15.9 Å². The van der Waals surface area contributed by atoms with Crippen LogP contribution in [0.3, 0.4) is 0 Å². The molecule has 2 aromatic heterocycles. The first-order valence-electron chi connectivity index (χ1n) is 6.57. The Balaban J connectivity index is 2.02. The molecule has 0 spiro atoms. The zero-order chi connectivity index (χ0) is 14.1. The van der Waals surface area contributed by atoms with Gasteiger partial charge in [0.2, 0.25) is 0 Å². The molecule has 0 N–H and O–H groups in total. The van der Waals surface area contributed by atoms with E-state index in [1.54, 1.807) is 19.4 Å². The highest BCUT2D eigenvalue weighted by Gasteiger charge is 2.28. The lowest BCUT2D eigenvalue weighted by molar-refractivity contribution is 0.679. The van der Waals surface area contributed by atoms with Crippen molar-refractivity contribution in [1.29, 1.82) is 0 Å². The van der Waals surface area contributed by atoms with Gasteiger partial charge in [0.1, 0.15) is 4.47 Å². The quantitative estimate of drug-likeness (QED) is 0.845. The Bertz CT molecular complexity index is 671. The van der Waals surface area contributed by atoms with Crippen molar-refractivity contribution >= 4 is 21.6 Å². The van der Waals surface area contributed by atoms with E-state index in [4.69, 9.17) is 0 Å². The second-order valence-corrected chi connectivity index (χ2v) is 5.70. The predicted molar refractivity (Wildman–Crippen MR) is 80.7 cm³/mol. The van der Waals surface area contributed by atoms with E-state index >= 15 is 0 Å². The molecule has 1 aliphatic rings. The summed E-state index contributed by atoms with van der Waals surface area (Å²) in [5.41, 5.74) is 1.93. The lowest BCUT2D eigenvalue weighted by Crippen LogP contribution is -2.28. The topological polar surface area (TPSA) is 51.0 Å². The van der Waals surface area contributed by atoms with Gasteiger partial charge in [-0.1, -0.05) is 6.07 Å². The molecular formula is C14H15BrN4O. The van der Waals surface area contributed by atoms with Crippen molar-refractivity contribution in [1.82, 2.24) is 14.8 Å². The fourth-order valence-corrected chi connectivity index (χ4v) is 3.26. The maximum absolute atomic E-state index is 12.0. The zero-order valence-corrected chi connectivity index (χ0v) is 12.7. The smallest absolute Gasteiger partial charge is 0.282 e. The van der Waals surface area contributed by atoms with Crippen LogP contribution in [0.5, 0.6) is 0 Å². The molecule has 0 aromatic carbocycles. The maximum atomic E-state index is 12.0. The molecule has 3 rings (SSSR count). The Morgan fingerprint density at radius 3 is 3.00 bits per heavy atom. The van der Waals surface area contributed by atoms with Crippen LogP contribution < -0.4 is 10.5 Å². The van der Waals surface area contributed by atoms with Gasteiger partial charge in [0.05, 0.1) is 17.9 Å². The van der Waals surface area contributed by atoms with Gasteiger partial charge in [-0.25, -0.2) is 4.68 Å². The lowest BCUT2D eigenvalue weighted by Gasteiger charge is -2.27. The number of aryl methyl sites for hydroxylation is 1. The molecule has 0 saturated carbocycles. The number of hydrogen-bond donors (Lipinski definition) is 0. The summed E-state index contributed by atoms with van der Waals surface area (Å²) in [6.45, 7) is 0.924. The molecule has 3 heterocycles. The molecule has 1 saturated heterocycles. The largest absolute Gasteiger partial charge is 0.362 e. The van der Waals surface area contributed by atoms with Crippen LogP contribution in [0.15, 0.2) is 40.0 Å². The number of rotatable bonds is 2. The number of anilines is 1. The van der Waals surface area contributed by atoms with Gasteiger partial charge in [-0.2, -0.15) is 5.10 Å². The summed E-state index contributed by atoms with van der Waals surface area (Å²) in [4.78, 5) is 18.4. The summed E-state index contributed by atoms with van der Waals surface area (Å²) < 4.78 is 1.91. The molecule has 104 valence electrons. The molecule has 1 atom stereocenters. The maximum Gasteiger partial charge on any atom is 0.282 e. The van der Waals surface area contributed by atoms with E-state index in [2.05, 4.69) is 37.0 Å². The fraction of sp³-hybridized carbons (Fsp3) is 0.357. The van der Waals surface area contributed by atoms with Crippen molar-refractivity contribution in [2.24, 2.45) is 7.05 Å². The fourth-order valence-electron chi connectivity index (χ4n) is 2.68. The number of hydrogen-bond acceptors (Lipinski definition) is 4. The Labute approximate surface area is 125 Å². The summed E-state index contributed by atoms with van der Waals surface area (Å²) >= 11 is 3.41. The molecule has 0 bridgehead atoms. The Morgan fingerprint density at radius 2 is 2.25 bits per heavy atom. The van der Waals surface area contributed by atoms with E-state index in [0.29, 0.717) is 4.47 Å². The van der Waals surface area contributed by atoms with Crippen molar-refractivity contribution in [2.75, 3.05) is 11.4 Å². The Morgan fingerprint density at radius 1 is 1.40 bits per heavy atom. The molecule has 6 heteroatoms. The average molecular weight is 335 g/mol. The van der Waals surface area contributed by atoms with E-state index in [9.17, 15) is 4.79 Å². The lowest BCUT2D eigenvalue weighted by atomic mass is 10.1. The van der Waals surface area contributed by atoms with Gasteiger partial charge in [0.25, 0.3) is 5.56 Å². The zero-order valence-electron chi connectivity index (χ0n) is 11.2. The van der Waals surface area contributed by atoms with Gasteiger partial charge in [-0.05, 0) is 40.4 Å². The van der Waals surface area contributed by atoms with Crippen LogP contribution in [0.2, 0.25) is 0 Å². The molecule has 20 heavy (non-hydrogen) atoms. The third-order valence-electron chi connectivity index (χ3n) is 3.69. The van der Waals surface area contributed by atoms with Crippen molar-refractivity contribution in [3.05, 3.63) is 51.1 Å². The van der Waals surface area contributed by atoms with Crippen LogP contribution in [-0.4, -0.2) is 21.3 Å². The van der Waals surface area contributed by atoms with Gasteiger partial charge in [-0.3, -0.25) is 9.78 Å². The molecule has 0 radical (unpaired) electrons. The Kier molecular flexibility index (Phi) is 3.56. The molecule has 1 aliphatic heterocycles. The molecule has 0 aliphatic carbocycles. The van der Waals surface area contributed by atoms with E-state index in [0.717, 1.165) is 25.1 Å². The standard InChI is InChI=1S/C14H15BrN4O/c1-18-14(20)13(15)12(9-17-18)19-7-3-5-11(19)10-4-2-6-16-8-10/h2,4,6,8-9,11H,3,5,7H2,1H3/t11-/m0/s1. The van der Waals surface area contributed by atoms with Crippen LogP contribution in [0.4, 0.5) is 5.69 Å². The number of nitrogens with zero attached hydrogens (tertiary/aromatic N) is 4. The highest BCUT2D eigenvalue weighted by Crippen LogP contribution is 2.37. The van der Waals surface area contributed by atoms with Crippen LogP contribution in [0.1, 0.15) is 24.4 Å². The normalized spacial score (nSPS) is 18.5. The van der Waals surface area contributed by atoms with Crippen molar-refractivity contribution in [3.63, 3.8) is 0 Å². The van der Waals surface area contributed by atoms with Gasteiger partial charge < -0.3 is 4.90 Å². The monoisotopic (exact) mass is 334 g/mol. The second-order valence-electron chi connectivity index (χ2n) is 4.91. The van der Waals surface area contributed by atoms with Crippen molar-refractivity contribution in [2.45, 2.75) is 18.9 Å². The molecule has 5 nitrogen and oxygen atoms in total. The molecule has 2 aromatic rings. The number of halogens is 1. The van der Waals surface area contributed by atoms with Gasteiger partial charge in [0, 0.05) is 26.0 Å². The molecule has 1 fully saturated rings. The van der Waals surface area contributed by atoms with Crippen LogP contribution in [0, 0.1) is 0 Å². The van der Waals surface area contributed by atoms with E-state index in [1.165, 1.54) is 10.2 Å². The second kappa shape index (κ2) is 5.36. The summed E-state index contributed by atoms with van der Waals surface area (Å²) in [6, 6.07) is 4.29. The molecular weight excluding hydrogens is 320 g/mol. The minimum atomic E-state index is -0.112. The van der Waals surface area contributed by atoms with Gasteiger partial charge in [0.15, 0.2) is 0 Å². The molecule has 0 unspecified atom stereocenters. The highest BCUT2D eigenvalue weighted by atomic mass is 79.9. The Hall–Kier alpha value is -1.69.